The zero-order valence-corrected chi connectivity index (χ0v) is 10.7. The van der Waals surface area contributed by atoms with Crippen LogP contribution < -0.4 is 0 Å². The topological polar surface area (TPSA) is 47.4 Å². The lowest BCUT2D eigenvalue weighted by Crippen LogP contribution is -2.37. The molecule has 1 amide bonds. The first-order chi connectivity index (χ1) is 9.25. The Morgan fingerprint density at radius 1 is 1.37 bits per heavy atom. The number of aromatic nitrogens is 2. The van der Waals surface area contributed by atoms with Gasteiger partial charge < -0.3 is 4.74 Å². The number of carbonyl (C=O) groups excluding carboxylic acids is 1. The van der Waals surface area contributed by atoms with E-state index >= 15 is 0 Å². The van der Waals surface area contributed by atoms with Gasteiger partial charge in [-0.2, -0.15) is 0 Å². The van der Waals surface area contributed by atoms with Gasteiger partial charge in [0.15, 0.2) is 0 Å². The van der Waals surface area contributed by atoms with Crippen molar-refractivity contribution in [1.82, 2.24) is 14.5 Å². The molecule has 0 N–H and O–H groups in total. The van der Waals surface area contributed by atoms with Crippen LogP contribution in [0.4, 0.5) is 4.79 Å². The van der Waals surface area contributed by atoms with E-state index in [2.05, 4.69) is 4.98 Å². The van der Waals surface area contributed by atoms with Gasteiger partial charge in [-0.15, -0.1) is 0 Å². The van der Waals surface area contributed by atoms with Gasteiger partial charge in [-0.25, -0.2) is 9.78 Å². The van der Waals surface area contributed by atoms with Crippen LogP contribution in [0, 0.1) is 0 Å². The summed E-state index contributed by atoms with van der Waals surface area (Å²) in [6.07, 6.45) is 3.30. The summed E-state index contributed by atoms with van der Waals surface area (Å²) < 4.78 is 6.78. The molecule has 1 atom stereocenters. The predicted octanol–water partition coefficient (Wildman–Crippen LogP) is 2.20. The molecule has 0 saturated carbocycles. The second-order valence-electron chi connectivity index (χ2n) is 4.63. The molecule has 5 heteroatoms. The van der Waals surface area contributed by atoms with Crippen molar-refractivity contribution in [3.05, 3.63) is 42.9 Å². The Kier molecular flexibility index (Phi) is 3.05. The summed E-state index contributed by atoms with van der Waals surface area (Å²) in [6.45, 7) is 2.91. The largest absolute Gasteiger partial charge is 0.359 e. The predicted molar refractivity (Wildman–Crippen MR) is 70.6 cm³/mol. The molecule has 1 aliphatic heterocycles. The number of nitrogens with zero attached hydrogens (tertiary/aromatic N) is 3. The minimum Gasteiger partial charge on any atom is -0.359 e. The van der Waals surface area contributed by atoms with Crippen LogP contribution in [0.1, 0.15) is 6.92 Å². The van der Waals surface area contributed by atoms with Crippen LogP contribution in [-0.2, 0) is 4.74 Å². The van der Waals surface area contributed by atoms with E-state index in [9.17, 15) is 4.79 Å². The lowest BCUT2D eigenvalue weighted by Gasteiger charge is -2.18. The third-order valence-electron chi connectivity index (χ3n) is 3.24. The minimum absolute atomic E-state index is 0.0975. The van der Waals surface area contributed by atoms with Gasteiger partial charge >= 0.3 is 6.03 Å². The first-order valence-corrected chi connectivity index (χ1v) is 6.24. The number of carbonyl (C=O) groups is 1. The molecule has 1 aromatic heterocycles. The SMILES string of the molecule is CC1COCN1C(=O)n1cnc(-c2ccccc2)c1. The van der Waals surface area contributed by atoms with E-state index in [1.54, 1.807) is 17.4 Å². The summed E-state index contributed by atoms with van der Waals surface area (Å²) >= 11 is 0. The standard InChI is InChI=1S/C14H15N3O2/c1-11-8-19-10-17(11)14(18)16-7-13(15-9-16)12-5-3-2-4-6-12/h2-7,9,11H,8,10H2,1H3. The number of imidazole rings is 1. The highest BCUT2D eigenvalue weighted by molar-refractivity contribution is 5.78. The molecule has 2 aromatic rings. The molecule has 19 heavy (non-hydrogen) atoms. The van der Waals surface area contributed by atoms with Crippen molar-refractivity contribution in [2.75, 3.05) is 13.3 Å². The van der Waals surface area contributed by atoms with Crippen LogP contribution in [0.25, 0.3) is 11.3 Å². The van der Waals surface area contributed by atoms with Gasteiger partial charge in [-0.1, -0.05) is 30.3 Å². The van der Waals surface area contributed by atoms with Crippen molar-refractivity contribution < 1.29 is 9.53 Å². The van der Waals surface area contributed by atoms with Crippen molar-refractivity contribution in [3.63, 3.8) is 0 Å². The third kappa shape index (κ3) is 2.24. The molecule has 1 unspecified atom stereocenters. The maximum absolute atomic E-state index is 12.3. The first kappa shape index (κ1) is 11.9. The monoisotopic (exact) mass is 257 g/mol. The molecule has 1 aromatic carbocycles. The number of ether oxygens (including phenoxy) is 1. The van der Waals surface area contributed by atoms with Gasteiger partial charge in [0.05, 0.1) is 18.3 Å². The zero-order valence-electron chi connectivity index (χ0n) is 10.7. The van der Waals surface area contributed by atoms with Crippen LogP contribution >= 0.6 is 0 Å². The number of amides is 1. The van der Waals surface area contributed by atoms with Crippen LogP contribution in [0.5, 0.6) is 0 Å². The Hall–Kier alpha value is -2.14. The second-order valence-corrected chi connectivity index (χ2v) is 4.63. The lowest BCUT2D eigenvalue weighted by atomic mass is 10.2. The molecule has 3 rings (SSSR count). The molecule has 5 nitrogen and oxygen atoms in total. The molecule has 0 spiro atoms. The molecule has 2 heterocycles. The second kappa shape index (κ2) is 4.85. The fraction of sp³-hybridized carbons (Fsp3) is 0.286. The summed E-state index contributed by atoms with van der Waals surface area (Å²) in [5, 5.41) is 0. The molecule has 0 radical (unpaired) electrons. The highest BCUT2D eigenvalue weighted by Crippen LogP contribution is 2.17. The fourth-order valence-corrected chi connectivity index (χ4v) is 2.12. The molecular weight excluding hydrogens is 242 g/mol. The molecule has 1 aliphatic rings. The molecule has 1 fully saturated rings. The lowest BCUT2D eigenvalue weighted by molar-refractivity contribution is 0.143. The summed E-state index contributed by atoms with van der Waals surface area (Å²) in [4.78, 5) is 18.2. The smallest absolute Gasteiger partial charge is 0.331 e. The molecular formula is C14H15N3O2. The van der Waals surface area contributed by atoms with E-state index in [0.29, 0.717) is 13.3 Å². The summed E-state index contributed by atoms with van der Waals surface area (Å²) in [6, 6.07) is 9.81. The number of rotatable bonds is 1. The Morgan fingerprint density at radius 3 is 2.84 bits per heavy atom. The van der Waals surface area contributed by atoms with Crippen LogP contribution in [-0.4, -0.2) is 39.9 Å². The van der Waals surface area contributed by atoms with E-state index < -0.39 is 0 Å². The first-order valence-electron chi connectivity index (χ1n) is 6.24. The molecule has 0 bridgehead atoms. The quantitative estimate of drug-likeness (QED) is 0.786. The van der Waals surface area contributed by atoms with Crippen LogP contribution in [0.15, 0.2) is 42.9 Å². The Bertz CT molecular complexity index is 579. The molecule has 1 saturated heterocycles. The van der Waals surface area contributed by atoms with Gasteiger partial charge in [0, 0.05) is 11.8 Å². The van der Waals surface area contributed by atoms with Crippen molar-refractivity contribution in [3.8, 4) is 11.3 Å². The maximum Gasteiger partial charge on any atom is 0.331 e. The average Bonchev–Trinajstić information content (AvgIpc) is 3.08. The van der Waals surface area contributed by atoms with Crippen molar-refractivity contribution in [2.45, 2.75) is 13.0 Å². The zero-order chi connectivity index (χ0) is 13.2. The maximum atomic E-state index is 12.3. The third-order valence-corrected chi connectivity index (χ3v) is 3.24. The van der Waals surface area contributed by atoms with Crippen molar-refractivity contribution >= 4 is 6.03 Å². The Balaban J connectivity index is 1.83. The number of hydrogen-bond acceptors (Lipinski definition) is 3. The normalized spacial score (nSPS) is 18.8. The highest BCUT2D eigenvalue weighted by Gasteiger charge is 2.27. The summed E-state index contributed by atoms with van der Waals surface area (Å²) in [7, 11) is 0. The van der Waals surface area contributed by atoms with Gasteiger partial charge in [-0.05, 0) is 6.92 Å². The number of hydrogen-bond donors (Lipinski definition) is 0. The summed E-state index contributed by atoms with van der Waals surface area (Å²) in [5.74, 6) is 0. The fourth-order valence-electron chi connectivity index (χ4n) is 2.12. The average molecular weight is 257 g/mol. The number of benzene rings is 1. The van der Waals surface area contributed by atoms with E-state index in [1.807, 2.05) is 37.3 Å². The van der Waals surface area contributed by atoms with E-state index in [0.717, 1.165) is 11.3 Å². The van der Waals surface area contributed by atoms with Gasteiger partial charge in [0.2, 0.25) is 0 Å². The van der Waals surface area contributed by atoms with Crippen molar-refractivity contribution in [1.29, 1.82) is 0 Å². The van der Waals surface area contributed by atoms with Gasteiger partial charge in [0.25, 0.3) is 0 Å². The molecule has 98 valence electrons. The van der Waals surface area contributed by atoms with Gasteiger partial charge in [-0.3, -0.25) is 9.47 Å². The summed E-state index contributed by atoms with van der Waals surface area (Å²) in [5.41, 5.74) is 1.79. The van der Waals surface area contributed by atoms with E-state index in [1.165, 1.54) is 4.57 Å². The Labute approximate surface area is 111 Å². The minimum atomic E-state index is -0.0975. The van der Waals surface area contributed by atoms with E-state index in [4.69, 9.17) is 4.74 Å². The van der Waals surface area contributed by atoms with Crippen LogP contribution in [0.2, 0.25) is 0 Å². The molecule has 0 aliphatic carbocycles. The van der Waals surface area contributed by atoms with Crippen molar-refractivity contribution in [2.24, 2.45) is 0 Å². The van der Waals surface area contributed by atoms with E-state index in [-0.39, 0.29) is 12.1 Å². The Morgan fingerprint density at radius 2 is 2.16 bits per heavy atom. The highest BCUT2D eigenvalue weighted by atomic mass is 16.5. The van der Waals surface area contributed by atoms with Gasteiger partial charge in [0.1, 0.15) is 13.1 Å². The van der Waals surface area contributed by atoms with Crippen LogP contribution in [0.3, 0.4) is 0 Å².